The van der Waals surface area contributed by atoms with Gasteiger partial charge in [-0.25, -0.2) is 9.78 Å². The Morgan fingerprint density at radius 3 is 2.60 bits per heavy atom. The van der Waals surface area contributed by atoms with Crippen LogP contribution in [0, 0.1) is 0 Å². The number of urea groups is 1. The fourth-order valence-corrected chi connectivity index (χ4v) is 3.86. The zero-order valence-corrected chi connectivity index (χ0v) is 20.7. The van der Waals surface area contributed by atoms with Crippen LogP contribution in [0.3, 0.4) is 0 Å². The summed E-state index contributed by atoms with van der Waals surface area (Å²) in [4.78, 5) is 23.2. The minimum atomic E-state index is -0.290. The van der Waals surface area contributed by atoms with Crippen LogP contribution in [-0.2, 0) is 6.54 Å². The van der Waals surface area contributed by atoms with Crippen LogP contribution < -0.4 is 15.0 Å². The number of aromatic nitrogens is 2. The van der Waals surface area contributed by atoms with Gasteiger partial charge in [0.05, 0.1) is 12.2 Å². The summed E-state index contributed by atoms with van der Waals surface area (Å²) in [5.41, 5.74) is 2.52. The van der Waals surface area contributed by atoms with E-state index in [-0.39, 0.29) is 16.7 Å². The molecule has 0 saturated carbocycles. The Bertz CT molecular complexity index is 1080. The van der Waals surface area contributed by atoms with Crippen LogP contribution in [0.15, 0.2) is 48.1 Å². The third-order valence-electron chi connectivity index (χ3n) is 5.77. The SMILES string of the molecule is CC(C)([SiH3])C(C)(C)Oc1ccc2c(c1)NC(=O)N(c1csc(-c3ccncc3)n1)C2. The summed E-state index contributed by atoms with van der Waals surface area (Å²) in [6.45, 7) is 9.12. The number of hydrogen-bond acceptors (Lipinski definition) is 5. The van der Waals surface area contributed by atoms with Gasteiger partial charge in [0.2, 0.25) is 0 Å². The van der Waals surface area contributed by atoms with Gasteiger partial charge < -0.3 is 10.1 Å². The summed E-state index contributed by atoms with van der Waals surface area (Å²) < 4.78 is 6.29. The Balaban J connectivity index is 1.55. The van der Waals surface area contributed by atoms with Gasteiger partial charge in [0.25, 0.3) is 0 Å². The second-order valence-corrected chi connectivity index (χ2v) is 12.3. The largest absolute Gasteiger partial charge is 0.488 e. The third kappa shape index (κ3) is 3.97. The highest BCUT2D eigenvalue weighted by atomic mass is 32.1. The number of hydrogen-bond donors (Lipinski definition) is 1. The minimum absolute atomic E-state index is 0.111. The van der Waals surface area contributed by atoms with Crippen molar-refractivity contribution in [2.24, 2.45) is 0 Å². The molecule has 8 heteroatoms. The maximum absolute atomic E-state index is 12.8. The number of benzene rings is 1. The molecule has 0 radical (unpaired) electrons. The molecule has 0 unspecified atom stereocenters. The van der Waals surface area contributed by atoms with E-state index in [0.29, 0.717) is 12.4 Å². The molecule has 0 saturated heterocycles. The van der Waals surface area contributed by atoms with Crippen molar-refractivity contribution in [3.63, 3.8) is 0 Å². The molecule has 3 heterocycles. The number of pyridine rings is 1. The van der Waals surface area contributed by atoms with Gasteiger partial charge in [0.15, 0.2) is 0 Å². The predicted octanol–water partition coefficient (Wildman–Crippen LogP) is 4.48. The van der Waals surface area contributed by atoms with Crippen molar-refractivity contribution < 1.29 is 9.53 Å². The van der Waals surface area contributed by atoms with Gasteiger partial charge in [-0.15, -0.1) is 11.3 Å². The number of carbonyl (C=O) groups excluding carboxylic acids is 1. The highest BCUT2D eigenvalue weighted by molar-refractivity contribution is 7.13. The highest BCUT2D eigenvalue weighted by Gasteiger charge is 2.35. The van der Waals surface area contributed by atoms with Crippen molar-refractivity contribution in [2.45, 2.75) is 44.9 Å². The predicted molar refractivity (Wildman–Crippen MR) is 126 cm³/mol. The van der Waals surface area contributed by atoms with Crippen molar-refractivity contribution in [2.75, 3.05) is 10.2 Å². The van der Waals surface area contributed by atoms with E-state index in [2.05, 4.69) is 43.0 Å². The number of amides is 2. The molecular formula is C22H26N4O2SSi. The van der Waals surface area contributed by atoms with Gasteiger partial charge in [-0.2, -0.15) is 0 Å². The third-order valence-corrected chi connectivity index (χ3v) is 7.85. The molecule has 2 amide bonds. The van der Waals surface area contributed by atoms with Crippen LogP contribution in [0.5, 0.6) is 5.75 Å². The number of nitrogens with one attached hydrogen (secondary N) is 1. The second kappa shape index (κ2) is 7.52. The molecule has 3 aromatic rings. The van der Waals surface area contributed by atoms with Gasteiger partial charge in [-0.1, -0.05) is 19.9 Å². The maximum Gasteiger partial charge on any atom is 0.327 e. The van der Waals surface area contributed by atoms with Crippen molar-refractivity contribution >= 4 is 39.1 Å². The summed E-state index contributed by atoms with van der Waals surface area (Å²) in [5.74, 6) is 1.42. The van der Waals surface area contributed by atoms with Crippen LogP contribution in [0.25, 0.3) is 10.6 Å². The average molecular weight is 439 g/mol. The van der Waals surface area contributed by atoms with Gasteiger partial charge in [-0.3, -0.25) is 9.88 Å². The first-order chi connectivity index (χ1) is 14.1. The first-order valence-corrected chi connectivity index (χ1v) is 11.8. The molecule has 1 N–H and O–H groups in total. The van der Waals surface area contributed by atoms with Crippen LogP contribution >= 0.6 is 11.3 Å². The lowest BCUT2D eigenvalue weighted by Crippen LogP contribution is -2.40. The first kappa shape index (κ1) is 20.6. The molecule has 6 nitrogen and oxygen atoms in total. The van der Waals surface area contributed by atoms with Crippen LogP contribution in [0.4, 0.5) is 16.3 Å². The maximum atomic E-state index is 12.8. The number of ether oxygens (including phenoxy) is 1. The molecule has 2 aromatic heterocycles. The number of rotatable bonds is 5. The molecule has 0 aliphatic carbocycles. The monoisotopic (exact) mass is 438 g/mol. The lowest BCUT2D eigenvalue weighted by atomic mass is 9.93. The Labute approximate surface area is 183 Å². The van der Waals surface area contributed by atoms with E-state index in [1.165, 1.54) is 11.3 Å². The topological polar surface area (TPSA) is 67.3 Å². The van der Waals surface area contributed by atoms with Crippen LogP contribution in [-0.4, -0.2) is 31.8 Å². The smallest absolute Gasteiger partial charge is 0.327 e. The molecule has 156 valence electrons. The average Bonchev–Trinajstić information content (AvgIpc) is 3.17. The van der Waals surface area contributed by atoms with Gasteiger partial charge in [0.1, 0.15) is 22.2 Å². The molecular weight excluding hydrogens is 412 g/mol. The summed E-state index contributed by atoms with van der Waals surface area (Å²) in [6, 6.07) is 9.56. The lowest BCUT2D eigenvalue weighted by Gasteiger charge is -2.39. The minimum Gasteiger partial charge on any atom is -0.488 e. The standard InChI is InChI=1S/C22H26N4O2SSi/c1-21(2,22(3,4)30)28-16-6-5-15-12-26(20(27)24-17(15)11-16)18-13-29-19(25-18)14-7-9-23-10-8-14/h5-11,13H,12H2,1-4,30H3,(H,24,27). The Hall–Kier alpha value is -2.71. The molecule has 1 aliphatic heterocycles. The Kier molecular flexibility index (Phi) is 5.15. The number of fused-ring (bicyclic) bond motifs is 1. The zero-order chi connectivity index (χ0) is 21.5. The highest BCUT2D eigenvalue weighted by Crippen LogP contribution is 2.39. The second-order valence-electron chi connectivity index (χ2n) is 8.94. The normalized spacial score (nSPS) is 14.4. The fourth-order valence-electron chi connectivity index (χ4n) is 2.95. The lowest BCUT2D eigenvalue weighted by molar-refractivity contribution is 0.0695. The zero-order valence-electron chi connectivity index (χ0n) is 17.9. The van der Waals surface area contributed by atoms with E-state index in [0.717, 1.165) is 37.8 Å². The van der Waals surface area contributed by atoms with E-state index >= 15 is 0 Å². The van der Waals surface area contributed by atoms with Gasteiger partial charge >= 0.3 is 6.03 Å². The summed E-state index contributed by atoms with van der Waals surface area (Å²) in [5, 5.41) is 5.88. The Morgan fingerprint density at radius 1 is 1.17 bits per heavy atom. The summed E-state index contributed by atoms with van der Waals surface area (Å²) in [6.07, 6.45) is 3.48. The number of anilines is 2. The van der Waals surface area contributed by atoms with E-state index in [1.807, 2.05) is 35.7 Å². The molecule has 1 aromatic carbocycles. The number of nitrogens with zero attached hydrogens (tertiary/aromatic N) is 3. The van der Waals surface area contributed by atoms with Crippen molar-refractivity contribution in [3.05, 3.63) is 53.7 Å². The van der Waals surface area contributed by atoms with E-state index in [4.69, 9.17) is 4.74 Å². The van der Waals surface area contributed by atoms with E-state index < -0.39 is 0 Å². The van der Waals surface area contributed by atoms with Gasteiger partial charge in [0, 0.05) is 39.6 Å². The molecule has 0 atom stereocenters. The van der Waals surface area contributed by atoms with Crippen molar-refractivity contribution in [3.8, 4) is 16.3 Å². The summed E-state index contributed by atoms with van der Waals surface area (Å²) >= 11 is 1.51. The molecule has 0 spiro atoms. The van der Waals surface area contributed by atoms with E-state index in [1.54, 1.807) is 17.3 Å². The molecule has 30 heavy (non-hydrogen) atoms. The molecule has 4 rings (SSSR count). The molecule has 0 bridgehead atoms. The van der Waals surface area contributed by atoms with Gasteiger partial charge in [-0.05, 0) is 42.6 Å². The quantitative estimate of drug-likeness (QED) is 0.597. The molecule has 1 aliphatic rings. The number of carbonyl (C=O) groups is 1. The molecule has 0 fully saturated rings. The van der Waals surface area contributed by atoms with Crippen LogP contribution in [0.1, 0.15) is 33.3 Å². The van der Waals surface area contributed by atoms with E-state index in [9.17, 15) is 4.79 Å². The van der Waals surface area contributed by atoms with Crippen molar-refractivity contribution in [1.82, 2.24) is 9.97 Å². The van der Waals surface area contributed by atoms with Crippen molar-refractivity contribution in [1.29, 1.82) is 0 Å². The fraction of sp³-hybridized carbons (Fsp3) is 0.318. The van der Waals surface area contributed by atoms with Crippen LogP contribution in [0.2, 0.25) is 5.04 Å². The summed E-state index contributed by atoms with van der Waals surface area (Å²) in [7, 11) is 1.02. The number of thiazole rings is 1. The Morgan fingerprint density at radius 2 is 1.90 bits per heavy atom. The first-order valence-electron chi connectivity index (χ1n) is 9.90.